The topological polar surface area (TPSA) is 38.8 Å². The van der Waals surface area contributed by atoms with E-state index in [1.165, 1.54) is 25.7 Å². The number of ether oxygens (including phenoxy) is 2. The predicted octanol–water partition coefficient (Wildman–Crippen LogP) is 3.20. The Labute approximate surface area is 131 Å². The van der Waals surface area contributed by atoms with Crippen LogP contribution >= 0.6 is 0 Å². The Morgan fingerprint density at radius 1 is 1.23 bits per heavy atom. The fourth-order valence-corrected chi connectivity index (χ4v) is 4.41. The lowest BCUT2D eigenvalue weighted by atomic mass is 9.86. The molecule has 1 heterocycles. The minimum absolute atomic E-state index is 0.273. The normalized spacial score (nSPS) is 28.1. The van der Waals surface area contributed by atoms with Crippen molar-refractivity contribution in [1.29, 1.82) is 0 Å². The molecule has 0 spiro atoms. The molecule has 22 heavy (non-hydrogen) atoms. The Morgan fingerprint density at radius 2 is 2.09 bits per heavy atom. The first-order valence-corrected chi connectivity index (χ1v) is 8.31. The standard InChI is InChI=1S/C18H23NO3/c1-19(10-13-3-5-16-17(8-13)22-11-21-16)18(20)9-15-7-12-2-4-14(15)6-12/h3,5,8,12,14-15H,2,4,6-7,9-11H2,1H3. The predicted molar refractivity (Wildman–Crippen MR) is 82.6 cm³/mol. The molecule has 4 rings (SSSR count). The maximum atomic E-state index is 12.5. The average molecular weight is 301 g/mol. The van der Waals surface area contributed by atoms with E-state index in [1.807, 2.05) is 30.1 Å². The molecule has 1 amide bonds. The largest absolute Gasteiger partial charge is 0.454 e. The molecule has 3 unspecified atom stereocenters. The molecule has 4 heteroatoms. The summed E-state index contributed by atoms with van der Waals surface area (Å²) in [6.07, 6.45) is 6.09. The zero-order valence-corrected chi connectivity index (χ0v) is 13.1. The van der Waals surface area contributed by atoms with Crippen LogP contribution in [-0.2, 0) is 11.3 Å². The molecular formula is C18H23NO3. The molecular weight excluding hydrogens is 278 g/mol. The van der Waals surface area contributed by atoms with E-state index in [-0.39, 0.29) is 12.7 Å². The van der Waals surface area contributed by atoms with Crippen LogP contribution in [0.3, 0.4) is 0 Å². The van der Waals surface area contributed by atoms with E-state index >= 15 is 0 Å². The van der Waals surface area contributed by atoms with Gasteiger partial charge in [0.15, 0.2) is 11.5 Å². The lowest BCUT2D eigenvalue weighted by Crippen LogP contribution is -2.29. The van der Waals surface area contributed by atoms with Crippen LogP contribution in [0.15, 0.2) is 18.2 Å². The Kier molecular flexibility index (Phi) is 3.47. The average Bonchev–Trinajstić information content (AvgIpc) is 3.22. The van der Waals surface area contributed by atoms with Crippen molar-refractivity contribution in [1.82, 2.24) is 4.90 Å². The first-order valence-electron chi connectivity index (χ1n) is 8.31. The minimum atomic E-state index is 0.273. The number of amides is 1. The molecule has 1 aromatic rings. The van der Waals surface area contributed by atoms with Gasteiger partial charge in [-0.2, -0.15) is 0 Å². The zero-order valence-electron chi connectivity index (χ0n) is 13.1. The molecule has 3 aliphatic rings. The maximum absolute atomic E-state index is 12.5. The molecule has 1 aromatic carbocycles. The van der Waals surface area contributed by atoms with E-state index in [9.17, 15) is 4.79 Å². The van der Waals surface area contributed by atoms with Crippen LogP contribution in [0.25, 0.3) is 0 Å². The number of hydrogen-bond acceptors (Lipinski definition) is 3. The van der Waals surface area contributed by atoms with Crippen LogP contribution in [0.4, 0.5) is 0 Å². The smallest absolute Gasteiger partial charge is 0.231 e. The van der Waals surface area contributed by atoms with E-state index in [4.69, 9.17) is 9.47 Å². The Bertz CT molecular complexity index is 586. The molecule has 1 aliphatic heterocycles. The maximum Gasteiger partial charge on any atom is 0.231 e. The SMILES string of the molecule is CN(Cc1ccc2c(c1)OCO2)C(=O)CC1CC2CCC1C2. The second-order valence-corrected chi connectivity index (χ2v) is 7.08. The van der Waals surface area contributed by atoms with Gasteiger partial charge in [-0.25, -0.2) is 0 Å². The number of hydrogen-bond donors (Lipinski definition) is 0. The van der Waals surface area contributed by atoms with E-state index in [2.05, 4.69) is 0 Å². The van der Waals surface area contributed by atoms with Crippen molar-refractivity contribution < 1.29 is 14.3 Å². The van der Waals surface area contributed by atoms with Crippen molar-refractivity contribution in [2.45, 2.75) is 38.6 Å². The van der Waals surface area contributed by atoms with E-state index in [0.29, 0.717) is 12.5 Å². The van der Waals surface area contributed by atoms with Gasteiger partial charge >= 0.3 is 0 Å². The Morgan fingerprint density at radius 3 is 2.86 bits per heavy atom. The van der Waals surface area contributed by atoms with Crippen LogP contribution in [0.2, 0.25) is 0 Å². The third-order valence-corrected chi connectivity index (χ3v) is 5.60. The second-order valence-electron chi connectivity index (χ2n) is 7.08. The van der Waals surface area contributed by atoms with Gasteiger partial charge in [0.05, 0.1) is 0 Å². The van der Waals surface area contributed by atoms with Gasteiger partial charge in [0.25, 0.3) is 0 Å². The van der Waals surface area contributed by atoms with Crippen molar-refractivity contribution in [3.05, 3.63) is 23.8 Å². The van der Waals surface area contributed by atoms with E-state index in [1.54, 1.807) is 0 Å². The van der Waals surface area contributed by atoms with E-state index < -0.39 is 0 Å². The van der Waals surface area contributed by atoms with Crippen LogP contribution in [0, 0.1) is 17.8 Å². The minimum Gasteiger partial charge on any atom is -0.454 e. The molecule has 2 bridgehead atoms. The molecule has 0 aromatic heterocycles. The third kappa shape index (κ3) is 2.55. The van der Waals surface area contributed by atoms with Crippen molar-refractivity contribution in [3.8, 4) is 11.5 Å². The van der Waals surface area contributed by atoms with Crippen molar-refractivity contribution in [2.24, 2.45) is 17.8 Å². The fraction of sp³-hybridized carbons (Fsp3) is 0.611. The Balaban J connectivity index is 1.35. The van der Waals surface area contributed by atoms with Gasteiger partial charge in [0.1, 0.15) is 0 Å². The van der Waals surface area contributed by atoms with Gasteiger partial charge in [-0.05, 0) is 54.7 Å². The summed E-state index contributed by atoms with van der Waals surface area (Å²) in [7, 11) is 1.90. The van der Waals surface area contributed by atoms with Gasteiger partial charge in [0, 0.05) is 20.0 Å². The van der Waals surface area contributed by atoms with Gasteiger partial charge in [-0.3, -0.25) is 4.79 Å². The first-order chi connectivity index (χ1) is 10.7. The van der Waals surface area contributed by atoms with Crippen LogP contribution in [-0.4, -0.2) is 24.6 Å². The van der Waals surface area contributed by atoms with Gasteiger partial charge in [-0.1, -0.05) is 12.5 Å². The fourth-order valence-electron chi connectivity index (χ4n) is 4.41. The molecule has 2 fully saturated rings. The summed E-state index contributed by atoms with van der Waals surface area (Å²) in [6.45, 7) is 0.925. The summed E-state index contributed by atoms with van der Waals surface area (Å²) >= 11 is 0. The number of fused-ring (bicyclic) bond motifs is 3. The quantitative estimate of drug-likeness (QED) is 0.857. The number of carbonyl (C=O) groups is 1. The van der Waals surface area contributed by atoms with Crippen LogP contribution in [0.5, 0.6) is 11.5 Å². The monoisotopic (exact) mass is 301 g/mol. The first kappa shape index (κ1) is 13.9. The zero-order chi connectivity index (χ0) is 15.1. The van der Waals surface area contributed by atoms with Crippen LogP contribution in [0.1, 0.15) is 37.7 Å². The van der Waals surface area contributed by atoms with Crippen molar-refractivity contribution in [3.63, 3.8) is 0 Å². The summed E-state index contributed by atoms with van der Waals surface area (Å²) in [4.78, 5) is 14.3. The number of nitrogens with zero attached hydrogens (tertiary/aromatic N) is 1. The molecule has 4 nitrogen and oxygen atoms in total. The molecule has 0 radical (unpaired) electrons. The Hall–Kier alpha value is -1.71. The molecule has 2 saturated carbocycles. The summed E-state index contributed by atoms with van der Waals surface area (Å²) < 4.78 is 10.7. The molecule has 0 saturated heterocycles. The summed E-state index contributed by atoms with van der Waals surface area (Å²) in [5.74, 6) is 4.20. The second kappa shape index (κ2) is 5.49. The molecule has 3 atom stereocenters. The highest BCUT2D eigenvalue weighted by Gasteiger charge is 2.40. The lowest BCUT2D eigenvalue weighted by Gasteiger charge is -2.24. The molecule has 0 N–H and O–H groups in total. The highest BCUT2D eigenvalue weighted by atomic mass is 16.7. The van der Waals surface area contributed by atoms with Gasteiger partial charge in [0.2, 0.25) is 12.7 Å². The number of carbonyl (C=O) groups excluding carboxylic acids is 1. The van der Waals surface area contributed by atoms with Gasteiger partial charge < -0.3 is 14.4 Å². The summed E-state index contributed by atoms with van der Waals surface area (Å²) in [6, 6.07) is 5.91. The molecule has 118 valence electrons. The van der Waals surface area contributed by atoms with Gasteiger partial charge in [-0.15, -0.1) is 0 Å². The summed E-state index contributed by atoms with van der Waals surface area (Å²) in [5.41, 5.74) is 1.09. The highest BCUT2D eigenvalue weighted by molar-refractivity contribution is 5.76. The van der Waals surface area contributed by atoms with Crippen molar-refractivity contribution in [2.75, 3.05) is 13.8 Å². The molecule has 2 aliphatic carbocycles. The lowest BCUT2D eigenvalue weighted by molar-refractivity contribution is -0.131. The summed E-state index contributed by atoms with van der Waals surface area (Å²) in [5, 5.41) is 0. The number of benzene rings is 1. The third-order valence-electron chi connectivity index (χ3n) is 5.60. The highest BCUT2D eigenvalue weighted by Crippen LogP contribution is 2.49. The van der Waals surface area contributed by atoms with E-state index in [0.717, 1.165) is 35.3 Å². The number of rotatable bonds is 4. The van der Waals surface area contributed by atoms with Crippen LogP contribution < -0.4 is 9.47 Å². The van der Waals surface area contributed by atoms with Crippen molar-refractivity contribution >= 4 is 5.91 Å².